The van der Waals surface area contributed by atoms with Crippen molar-refractivity contribution in [2.24, 2.45) is 13.0 Å². The Balaban J connectivity index is 1.40. The van der Waals surface area contributed by atoms with Crippen LogP contribution in [0.4, 0.5) is 0 Å². The minimum Gasteiger partial charge on any atom is -0.350 e. The maximum Gasteiger partial charge on any atom is 0.271 e. The maximum absolute atomic E-state index is 12.0. The summed E-state index contributed by atoms with van der Waals surface area (Å²) in [6.07, 6.45) is 5.67. The maximum atomic E-state index is 12.0. The first-order valence-electron chi connectivity index (χ1n) is 8.23. The molecule has 5 heteroatoms. The van der Waals surface area contributed by atoms with E-state index in [-0.39, 0.29) is 5.91 Å². The molecular formula is C18H24N4O. The summed E-state index contributed by atoms with van der Waals surface area (Å²) in [5.74, 6) is 0.493. The minimum absolute atomic E-state index is 0.0719. The molecule has 0 saturated carbocycles. The summed E-state index contributed by atoms with van der Waals surface area (Å²) in [6.45, 7) is 3.96. The van der Waals surface area contributed by atoms with Crippen LogP contribution in [0.2, 0.25) is 0 Å². The van der Waals surface area contributed by atoms with Gasteiger partial charge in [0.15, 0.2) is 0 Å². The predicted octanol–water partition coefficient (Wildman–Crippen LogP) is 2.06. The zero-order chi connectivity index (χ0) is 16.1. The Bertz CT molecular complexity index is 629. The van der Waals surface area contributed by atoms with Gasteiger partial charge in [0.25, 0.3) is 5.91 Å². The number of piperidine rings is 1. The van der Waals surface area contributed by atoms with Crippen molar-refractivity contribution >= 4 is 5.91 Å². The first kappa shape index (κ1) is 15.7. The predicted molar refractivity (Wildman–Crippen MR) is 90.0 cm³/mol. The Hall–Kier alpha value is -2.14. The third-order valence-electron chi connectivity index (χ3n) is 4.44. The van der Waals surface area contributed by atoms with Gasteiger partial charge in [-0.05, 0) is 37.4 Å². The van der Waals surface area contributed by atoms with Crippen LogP contribution in [0.1, 0.15) is 28.9 Å². The van der Waals surface area contributed by atoms with Gasteiger partial charge in [0, 0.05) is 26.3 Å². The highest BCUT2D eigenvalue weighted by atomic mass is 16.1. The lowest BCUT2D eigenvalue weighted by atomic mass is 9.96. The molecule has 2 aromatic rings. The number of benzene rings is 1. The number of hydrogen-bond donors (Lipinski definition) is 1. The van der Waals surface area contributed by atoms with Crippen molar-refractivity contribution < 1.29 is 4.79 Å². The zero-order valence-electron chi connectivity index (χ0n) is 13.6. The molecule has 0 unspecified atom stereocenters. The summed E-state index contributed by atoms with van der Waals surface area (Å²) in [7, 11) is 1.87. The third kappa shape index (κ3) is 4.42. The van der Waals surface area contributed by atoms with Crippen LogP contribution in [0.3, 0.4) is 0 Å². The van der Waals surface area contributed by atoms with Gasteiger partial charge in [0.05, 0.1) is 6.33 Å². The van der Waals surface area contributed by atoms with Crippen molar-refractivity contribution in [1.29, 1.82) is 0 Å². The molecule has 0 atom stereocenters. The van der Waals surface area contributed by atoms with E-state index in [1.54, 1.807) is 17.1 Å². The van der Waals surface area contributed by atoms with E-state index in [9.17, 15) is 4.79 Å². The van der Waals surface area contributed by atoms with Crippen LogP contribution in [0.15, 0.2) is 42.9 Å². The smallest absolute Gasteiger partial charge is 0.271 e. The number of imidazole rings is 1. The summed E-state index contributed by atoms with van der Waals surface area (Å²) in [5, 5.41) is 3.01. The van der Waals surface area contributed by atoms with Crippen molar-refractivity contribution in [2.75, 3.05) is 19.6 Å². The Morgan fingerprint density at radius 3 is 2.65 bits per heavy atom. The van der Waals surface area contributed by atoms with Gasteiger partial charge in [0.2, 0.25) is 0 Å². The van der Waals surface area contributed by atoms with E-state index in [1.807, 2.05) is 7.05 Å². The Morgan fingerprint density at radius 2 is 2.00 bits per heavy atom. The van der Waals surface area contributed by atoms with Crippen LogP contribution < -0.4 is 5.32 Å². The van der Waals surface area contributed by atoms with Crippen LogP contribution >= 0.6 is 0 Å². The van der Waals surface area contributed by atoms with Crippen molar-refractivity contribution in [2.45, 2.75) is 19.4 Å². The number of aryl methyl sites for hydroxylation is 1. The van der Waals surface area contributed by atoms with E-state index < -0.39 is 0 Å². The zero-order valence-corrected chi connectivity index (χ0v) is 13.6. The third-order valence-corrected chi connectivity index (χ3v) is 4.44. The molecule has 3 rings (SSSR count). The van der Waals surface area contributed by atoms with Crippen molar-refractivity contribution in [3.63, 3.8) is 0 Å². The molecule has 5 nitrogen and oxygen atoms in total. The van der Waals surface area contributed by atoms with Crippen LogP contribution in [0.5, 0.6) is 0 Å². The molecule has 0 bridgehead atoms. The monoisotopic (exact) mass is 312 g/mol. The molecule has 1 aromatic heterocycles. The molecule has 1 amide bonds. The van der Waals surface area contributed by atoms with Gasteiger partial charge in [-0.25, -0.2) is 4.98 Å². The lowest BCUT2D eigenvalue weighted by Crippen LogP contribution is -2.38. The van der Waals surface area contributed by atoms with Gasteiger partial charge < -0.3 is 9.88 Å². The van der Waals surface area contributed by atoms with Crippen LogP contribution in [-0.2, 0) is 13.6 Å². The number of nitrogens with zero attached hydrogens (tertiary/aromatic N) is 3. The molecule has 0 radical (unpaired) electrons. The normalized spacial score (nSPS) is 16.4. The number of carbonyl (C=O) groups is 1. The molecule has 1 aliphatic rings. The van der Waals surface area contributed by atoms with Gasteiger partial charge in [-0.2, -0.15) is 0 Å². The van der Waals surface area contributed by atoms with E-state index in [0.29, 0.717) is 11.6 Å². The number of hydrogen-bond acceptors (Lipinski definition) is 3. The molecule has 0 aliphatic carbocycles. The lowest BCUT2D eigenvalue weighted by Gasteiger charge is -2.32. The molecule has 23 heavy (non-hydrogen) atoms. The number of rotatable bonds is 5. The second kappa shape index (κ2) is 7.42. The highest BCUT2D eigenvalue weighted by Crippen LogP contribution is 2.18. The van der Waals surface area contributed by atoms with E-state index >= 15 is 0 Å². The molecule has 2 heterocycles. The molecular weight excluding hydrogens is 288 g/mol. The number of amides is 1. The van der Waals surface area contributed by atoms with E-state index in [1.165, 1.54) is 5.56 Å². The average molecular weight is 312 g/mol. The van der Waals surface area contributed by atoms with Gasteiger partial charge in [-0.3, -0.25) is 9.69 Å². The largest absolute Gasteiger partial charge is 0.350 e. The average Bonchev–Trinajstić information content (AvgIpc) is 3.01. The molecule has 1 aromatic carbocycles. The highest BCUT2D eigenvalue weighted by Gasteiger charge is 2.20. The van der Waals surface area contributed by atoms with E-state index in [0.717, 1.165) is 39.0 Å². The molecule has 1 saturated heterocycles. The molecule has 0 spiro atoms. The van der Waals surface area contributed by atoms with Gasteiger partial charge in [-0.15, -0.1) is 0 Å². The summed E-state index contributed by atoms with van der Waals surface area (Å²) < 4.78 is 1.79. The molecule has 1 aliphatic heterocycles. The fourth-order valence-corrected chi connectivity index (χ4v) is 3.05. The standard InChI is InChI=1S/C18H24N4O/c1-21-13-17(20-14-21)18(23)19-11-15-7-9-22(10-8-15)12-16-5-3-2-4-6-16/h2-6,13-15H,7-12H2,1H3,(H,19,23). The van der Waals surface area contributed by atoms with Gasteiger partial charge in [-0.1, -0.05) is 30.3 Å². The van der Waals surface area contributed by atoms with Crippen LogP contribution in [0, 0.1) is 5.92 Å². The second-order valence-electron chi connectivity index (χ2n) is 6.34. The fraction of sp³-hybridized carbons (Fsp3) is 0.444. The molecule has 1 N–H and O–H groups in total. The summed E-state index contributed by atoms with van der Waals surface area (Å²) in [4.78, 5) is 18.6. The fourth-order valence-electron chi connectivity index (χ4n) is 3.05. The first-order chi connectivity index (χ1) is 11.2. The lowest BCUT2D eigenvalue weighted by molar-refractivity contribution is 0.0930. The van der Waals surface area contributed by atoms with Crippen molar-refractivity contribution in [3.05, 3.63) is 54.1 Å². The SMILES string of the molecule is Cn1cnc(C(=O)NCC2CCN(Cc3ccccc3)CC2)c1. The number of nitrogens with one attached hydrogen (secondary N) is 1. The van der Waals surface area contributed by atoms with Crippen LogP contribution in [-0.4, -0.2) is 40.0 Å². The Kier molecular flexibility index (Phi) is 5.08. The second-order valence-corrected chi connectivity index (χ2v) is 6.34. The summed E-state index contributed by atoms with van der Waals surface area (Å²) in [6, 6.07) is 10.6. The highest BCUT2D eigenvalue weighted by molar-refractivity contribution is 5.91. The van der Waals surface area contributed by atoms with E-state index in [2.05, 4.69) is 45.5 Å². The number of aromatic nitrogens is 2. The Morgan fingerprint density at radius 1 is 1.26 bits per heavy atom. The van der Waals surface area contributed by atoms with Gasteiger partial charge >= 0.3 is 0 Å². The Labute approximate surface area is 137 Å². The van der Waals surface area contributed by atoms with Crippen LogP contribution in [0.25, 0.3) is 0 Å². The number of carbonyl (C=O) groups excluding carboxylic acids is 1. The quantitative estimate of drug-likeness (QED) is 0.919. The topological polar surface area (TPSA) is 50.2 Å². The molecule has 122 valence electrons. The van der Waals surface area contributed by atoms with Crippen molar-refractivity contribution in [3.8, 4) is 0 Å². The van der Waals surface area contributed by atoms with E-state index in [4.69, 9.17) is 0 Å². The number of likely N-dealkylation sites (tertiary alicyclic amines) is 1. The van der Waals surface area contributed by atoms with Gasteiger partial charge in [0.1, 0.15) is 5.69 Å². The van der Waals surface area contributed by atoms with Crippen molar-refractivity contribution in [1.82, 2.24) is 19.8 Å². The summed E-state index contributed by atoms with van der Waals surface area (Å²) >= 11 is 0. The first-order valence-corrected chi connectivity index (χ1v) is 8.23. The molecule has 1 fully saturated rings. The minimum atomic E-state index is -0.0719. The summed E-state index contributed by atoms with van der Waals surface area (Å²) in [5.41, 5.74) is 1.86.